The van der Waals surface area contributed by atoms with Crippen LogP contribution in [0.25, 0.3) is 0 Å². The number of nitrogens with zero attached hydrogens (tertiary/aromatic N) is 1. The number of amides is 1. The van der Waals surface area contributed by atoms with Gasteiger partial charge in [0.25, 0.3) is 0 Å². The van der Waals surface area contributed by atoms with Crippen LogP contribution in [0.4, 0.5) is 0 Å². The Labute approximate surface area is 89.1 Å². The number of piperazine rings is 1. The molecule has 0 unspecified atom stereocenters. The summed E-state index contributed by atoms with van der Waals surface area (Å²) in [7, 11) is 0. The highest BCUT2D eigenvalue weighted by Crippen LogP contribution is 1.93. The highest BCUT2D eigenvalue weighted by Gasteiger charge is 2.13. The van der Waals surface area contributed by atoms with Crippen molar-refractivity contribution in [1.29, 1.82) is 0 Å². The SMILES string of the molecule is CCOC(=O)/C=C/CN1CCNC(=O)C1. The number of hydrogen-bond acceptors (Lipinski definition) is 4. The molecular weight excluding hydrogens is 196 g/mol. The highest BCUT2D eigenvalue weighted by molar-refractivity contribution is 5.82. The van der Waals surface area contributed by atoms with Crippen LogP contribution in [0, 0.1) is 0 Å². The van der Waals surface area contributed by atoms with Crippen LogP contribution in [0.2, 0.25) is 0 Å². The summed E-state index contributed by atoms with van der Waals surface area (Å²) in [6.07, 6.45) is 3.12. The molecule has 1 aliphatic heterocycles. The van der Waals surface area contributed by atoms with Crippen molar-refractivity contribution in [2.45, 2.75) is 6.92 Å². The zero-order chi connectivity index (χ0) is 11.1. The largest absolute Gasteiger partial charge is 0.463 e. The van der Waals surface area contributed by atoms with Crippen LogP contribution < -0.4 is 5.32 Å². The molecule has 84 valence electrons. The van der Waals surface area contributed by atoms with Crippen molar-refractivity contribution in [2.75, 3.05) is 32.8 Å². The average molecular weight is 212 g/mol. The first kappa shape index (κ1) is 11.7. The maximum atomic E-state index is 11.0. The van der Waals surface area contributed by atoms with Gasteiger partial charge in [0.1, 0.15) is 0 Å². The molecule has 0 atom stereocenters. The summed E-state index contributed by atoms with van der Waals surface area (Å²) in [6.45, 7) is 4.64. The molecule has 0 aliphatic carbocycles. The zero-order valence-corrected chi connectivity index (χ0v) is 8.86. The molecule has 0 aromatic rings. The topological polar surface area (TPSA) is 58.6 Å². The third-order valence-corrected chi connectivity index (χ3v) is 2.02. The molecule has 15 heavy (non-hydrogen) atoms. The van der Waals surface area contributed by atoms with E-state index in [1.165, 1.54) is 6.08 Å². The van der Waals surface area contributed by atoms with E-state index in [9.17, 15) is 9.59 Å². The molecule has 0 bridgehead atoms. The summed E-state index contributed by atoms with van der Waals surface area (Å²) in [5, 5.41) is 2.74. The average Bonchev–Trinajstić information content (AvgIpc) is 2.18. The Balaban J connectivity index is 2.23. The Morgan fingerprint density at radius 2 is 2.47 bits per heavy atom. The molecule has 1 rings (SSSR count). The Kier molecular flexibility index (Phi) is 4.83. The fourth-order valence-corrected chi connectivity index (χ4v) is 1.34. The monoisotopic (exact) mass is 212 g/mol. The van der Waals surface area contributed by atoms with Crippen LogP contribution in [0.3, 0.4) is 0 Å². The van der Waals surface area contributed by atoms with Gasteiger partial charge in [0.2, 0.25) is 5.91 Å². The quantitative estimate of drug-likeness (QED) is 0.506. The maximum absolute atomic E-state index is 11.0. The van der Waals surface area contributed by atoms with Crippen LogP contribution in [0.5, 0.6) is 0 Å². The summed E-state index contributed by atoms with van der Waals surface area (Å²) in [5.74, 6) is -0.301. The Morgan fingerprint density at radius 1 is 1.67 bits per heavy atom. The molecule has 1 amide bonds. The lowest BCUT2D eigenvalue weighted by Crippen LogP contribution is -2.47. The van der Waals surface area contributed by atoms with Gasteiger partial charge in [0.15, 0.2) is 0 Å². The van der Waals surface area contributed by atoms with Crippen molar-refractivity contribution >= 4 is 11.9 Å². The van der Waals surface area contributed by atoms with Crippen LogP contribution >= 0.6 is 0 Å². The number of hydrogen-bond donors (Lipinski definition) is 1. The Hall–Kier alpha value is -1.36. The standard InChI is InChI=1S/C10H16N2O3/c1-2-15-10(14)4-3-6-12-7-5-11-9(13)8-12/h3-4H,2,5-8H2,1H3,(H,11,13)/b4-3+. The van der Waals surface area contributed by atoms with E-state index < -0.39 is 0 Å². The smallest absolute Gasteiger partial charge is 0.330 e. The summed E-state index contributed by atoms with van der Waals surface area (Å²) in [5.41, 5.74) is 0. The van der Waals surface area contributed by atoms with E-state index in [4.69, 9.17) is 4.74 Å². The predicted molar refractivity (Wildman–Crippen MR) is 55.2 cm³/mol. The lowest BCUT2D eigenvalue weighted by Gasteiger charge is -2.24. The van der Waals surface area contributed by atoms with E-state index in [0.717, 1.165) is 6.54 Å². The van der Waals surface area contributed by atoms with E-state index >= 15 is 0 Å². The van der Waals surface area contributed by atoms with E-state index in [2.05, 4.69) is 5.32 Å². The van der Waals surface area contributed by atoms with Gasteiger partial charge in [-0.25, -0.2) is 4.79 Å². The number of rotatable bonds is 4. The fourth-order valence-electron chi connectivity index (χ4n) is 1.34. The minimum atomic E-state index is -0.334. The van der Waals surface area contributed by atoms with Crippen LogP contribution in [-0.2, 0) is 14.3 Å². The molecular formula is C10H16N2O3. The lowest BCUT2D eigenvalue weighted by atomic mass is 10.3. The molecule has 5 nitrogen and oxygen atoms in total. The van der Waals surface area contributed by atoms with Gasteiger partial charge >= 0.3 is 5.97 Å². The number of carbonyl (C=O) groups is 2. The second-order valence-electron chi connectivity index (χ2n) is 3.24. The third kappa shape index (κ3) is 4.60. The van der Waals surface area contributed by atoms with Gasteiger partial charge in [0, 0.05) is 25.7 Å². The predicted octanol–water partition coefficient (Wildman–Crippen LogP) is -0.462. The van der Waals surface area contributed by atoms with E-state index in [-0.39, 0.29) is 11.9 Å². The van der Waals surface area contributed by atoms with Crippen molar-refractivity contribution in [3.05, 3.63) is 12.2 Å². The van der Waals surface area contributed by atoms with Crippen LogP contribution in [0.15, 0.2) is 12.2 Å². The third-order valence-electron chi connectivity index (χ3n) is 2.02. The normalized spacial score (nSPS) is 17.8. The summed E-state index contributed by atoms with van der Waals surface area (Å²) in [6, 6.07) is 0. The van der Waals surface area contributed by atoms with Gasteiger partial charge < -0.3 is 10.1 Å². The van der Waals surface area contributed by atoms with Crippen molar-refractivity contribution in [2.24, 2.45) is 0 Å². The van der Waals surface area contributed by atoms with E-state index in [1.54, 1.807) is 13.0 Å². The van der Waals surface area contributed by atoms with Crippen LogP contribution in [-0.4, -0.2) is 49.6 Å². The van der Waals surface area contributed by atoms with Crippen molar-refractivity contribution in [3.63, 3.8) is 0 Å². The van der Waals surface area contributed by atoms with Crippen molar-refractivity contribution in [3.8, 4) is 0 Å². The molecule has 1 aliphatic rings. The van der Waals surface area contributed by atoms with Gasteiger partial charge in [0.05, 0.1) is 13.2 Å². The lowest BCUT2D eigenvalue weighted by molar-refractivity contribution is -0.137. The number of ether oxygens (including phenoxy) is 1. The number of nitrogens with one attached hydrogen (secondary N) is 1. The van der Waals surface area contributed by atoms with Crippen molar-refractivity contribution in [1.82, 2.24) is 10.2 Å². The molecule has 0 spiro atoms. The second-order valence-corrected chi connectivity index (χ2v) is 3.24. The minimum absolute atomic E-state index is 0.0331. The Morgan fingerprint density at radius 3 is 3.13 bits per heavy atom. The number of esters is 1. The van der Waals surface area contributed by atoms with E-state index in [1.807, 2.05) is 4.90 Å². The summed E-state index contributed by atoms with van der Waals surface area (Å²) < 4.78 is 4.73. The molecule has 1 saturated heterocycles. The molecule has 1 heterocycles. The first-order chi connectivity index (χ1) is 7.22. The highest BCUT2D eigenvalue weighted by atomic mass is 16.5. The first-order valence-electron chi connectivity index (χ1n) is 5.04. The van der Waals surface area contributed by atoms with E-state index in [0.29, 0.717) is 26.2 Å². The van der Waals surface area contributed by atoms with Crippen molar-refractivity contribution < 1.29 is 14.3 Å². The van der Waals surface area contributed by atoms with Gasteiger partial charge in [-0.3, -0.25) is 9.69 Å². The maximum Gasteiger partial charge on any atom is 0.330 e. The van der Waals surface area contributed by atoms with Gasteiger partial charge in [-0.1, -0.05) is 6.08 Å². The second kappa shape index (κ2) is 6.19. The molecule has 5 heteroatoms. The van der Waals surface area contributed by atoms with Crippen LogP contribution in [0.1, 0.15) is 6.92 Å². The molecule has 0 aromatic heterocycles. The Bertz CT molecular complexity index is 263. The zero-order valence-electron chi connectivity index (χ0n) is 8.86. The first-order valence-corrected chi connectivity index (χ1v) is 5.04. The van der Waals surface area contributed by atoms with Gasteiger partial charge in [-0.2, -0.15) is 0 Å². The summed E-state index contributed by atoms with van der Waals surface area (Å²) in [4.78, 5) is 23.9. The number of carbonyl (C=O) groups excluding carboxylic acids is 2. The minimum Gasteiger partial charge on any atom is -0.463 e. The molecule has 0 radical (unpaired) electrons. The fraction of sp³-hybridized carbons (Fsp3) is 0.600. The molecule has 1 fully saturated rings. The molecule has 0 aromatic carbocycles. The molecule has 0 saturated carbocycles. The van der Waals surface area contributed by atoms with Gasteiger partial charge in [-0.05, 0) is 6.92 Å². The molecule has 1 N–H and O–H groups in total. The summed E-state index contributed by atoms with van der Waals surface area (Å²) >= 11 is 0. The van der Waals surface area contributed by atoms with Gasteiger partial charge in [-0.15, -0.1) is 0 Å².